The Hall–Kier alpha value is -3.31. The Morgan fingerprint density at radius 2 is 1.74 bits per heavy atom. The van der Waals surface area contributed by atoms with Gasteiger partial charge in [-0.05, 0) is 31.4 Å². The number of aromatic nitrogens is 6. The Morgan fingerprint density at radius 1 is 1.03 bits per heavy atom. The summed E-state index contributed by atoms with van der Waals surface area (Å²) in [6, 6.07) is 1.57. The normalized spacial score (nSPS) is 15.3. The van der Waals surface area contributed by atoms with Crippen LogP contribution in [0.5, 0.6) is 0 Å². The third-order valence-electron chi connectivity index (χ3n) is 5.92. The molecule has 1 saturated heterocycles. The minimum Gasteiger partial charge on any atom is -0.370 e. The molecule has 4 heterocycles. The van der Waals surface area contributed by atoms with Gasteiger partial charge in [-0.2, -0.15) is 36.4 Å². The molecule has 0 aliphatic carbocycles. The summed E-state index contributed by atoms with van der Waals surface area (Å²) in [6.45, 7) is -2.26. The first kappa shape index (κ1) is 28.7. The number of fused-ring (bicyclic) bond motifs is 1. The molecule has 0 aromatic carbocycles. The number of nitrogens with one attached hydrogen (secondary N) is 1. The van der Waals surface area contributed by atoms with E-state index in [1.807, 2.05) is 4.90 Å². The molecule has 4 rings (SSSR count). The number of nitrogens with two attached hydrogens (primary N) is 1. The molecule has 0 spiro atoms. The van der Waals surface area contributed by atoms with Gasteiger partial charge < -0.3 is 25.4 Å². The van der Waals surface area contributed by atoms with Gasteiger partial charge in [0.2, 0.25) is 5.95 Å². The van der Waals surface area contributed by atoms with Crippen molar-refractivity contribution >= 4 is 28.6 Å². The van der Waals surface area contributed by atoms with Crippen molar-refractivity contribution in [2.24, 2.45) is 11.7 Å². The fourth-order valence-corrected chi connectivity index (χ4v) is 4.08. The van der Waals surface area contributed by atoms with E-state index in [0.29, 0.717) is 37.3 Å². The molecule has 17 heteroatoms. The lowest BCUT2D eigenvalue weighted by atomic mass is 9.97. The Kier molecular flexibility index (Phi) is 9.01. The first-order valence-electron chi connectivity index (χ1n) is 12.1. The summed E-state index contributed by atoms with van der Waals surface area (Å²) < 4.78 is 86.7. The predicted molar refractivity (Wildman–Crippen MR) is 127 cm³/mol. The summed E-state index contributed by atoms with van der Waals surface area (Å²) >= 11 is 0. The van der Waals surface area contributed by atoms with Crippen molar-refractivity contribution in [3.8, 4) is 0 Å². The highest BCUT2D eigenvalue weighted by atomic mass is 19.4. The zero-order chi connectivity index (χ0) is 28.0. The van der Waals surface area contributed by atoms with Gasteiger partial charge in [-0.15, -0.1) is 0 Å². The molecule has 1 aliphatic heterocycles. The average Bonchev–Trinajstić information content (AvgIpc) is 3.23. The topological polar surface area (TPSA) is 129 Å². The van der Waals surface area contributed by atoms with Gasteiger partial charge in [0.05, 0.1) is 19.8 Å². The number of anilines is 3. The number of ether oxygens (including phenoxy) is 2. The van der Waals surface area contributed by atoms with Gasteiger partial charge in [-0.3, -0.25) is 4.68 Å². The molecule has 3 aromatic rings. The largest absolute Gasteiger partial charge is 0.411 e. The van der Waals surface area contributed by atoms with Gasteiger partial charge in [-0.25, -0.2) is 15.0 Å². The van der Waals surface area contributed by atoms with Gasteiger partial charge in [0, 0.05) is 19.3 Å². The van der Waals surface area contributed by atoms with Crippen LogP contribution < -0.4 is 16.0 Å². The van der Waals surface area contributed by atoms with Crippen molar-refractivity contribution in [1.82, 2.24) is 29.7 Å². The van der Waals surface area contributed by atoms with Gasteiger partial charge in [0.25, 0.3) is 0 Å². The second-order valence-corrected chi connectivity index (χ2v) is 8.90. The molecule has 0 unspecified atom stereocenters. The molecule has 0 atom stereocenters. The van der Waals surface area contributed by atoms with Gasteiger partial charge in [0.15, 0.2) is 5.82 Å². The van der Waals surface area contributed by atoms with Crippen LogP contribution in [0.25, 0.3) is 11.0 Å². The molecule has 3 aromatic heterocycles. The Labute approximate surface area is 218 Å². The quantitative estimate of drug-likeness (QED) is 0.265. The summed E-state index contributed by atoms with van der Waals surface area (Å²) in [7, 11) is 0. The van der Waals surface area contributed by atoms with Crippen LogP contribution in [0.3, 0.4) is 0 Å². The maximum Gasteiger partial charge on any atom is 0.411 e. The Morgan fingerprint density at radius 3 is 2.38 bits per heavy atom. The van der Waals surface area contributed by atoms with Crippen molar-refractivity contribution in [2.45, 2.75) is 38.3 Å². The fourth-order valence-electron chi connectivity index (χ4n) is 4.08. The third kappa shape index (κ3) is 8.09. The van der Waals surface area contributed by atoms with E-state index in [1.54, 1.807) is 6.07 Å². The second kappa shape index (κ2) is 12.3. The van der Waals surface area contributed by atoms with E-state index >= 15 is 0 Å². The van der Waals surface area contributed by atoms with Crippen LogP contribution in [0.4, 0.5) is 43.9 Å². The van der Waals surface area contributed by atoms with Crippen molar-refractivity contribution in [1.29, 1.82) is 0 Å². The lowest BCUT2D eigenvalue weighted by Crippen LogP contribution is -2.37. The third-order valence-corrected chi connectivity index (χ3v) is 5.92. The van der Waals surface area contributed by atoms with E-state index in [-0.39, 0.29) is 35.7 Å². The number of halogens is 6. The van der Waals surface area contributed by atoms with E-state index in [9.17, 15) is 26.3 Å². The SMILES string of the molecule is NCC1CCN(c2nc(Nc3ccncn3)c3c(n2)c(COCC(F)(F)F)nn3CCOCC(F)(F)F)CC1. The van der Waals surface area contributed by atoms with Crippen molar-refractivity contribution in [3.63, 3.8) is 0 Å². The minimum absolute atomic E-state index is 0.0660. The molecule has 39 heavy (non-hydrogen) atoms. The number of rotatable bonds is 11. The number of hydrogen-bond acceptors (Lipinski definition) is 10. The number of piperidine rings is 1. The van der Waals surface area contributed by atoms with Crippen LogP contribution in [-0.2, 0) is 22.6 Å². The maximum atomic E-state index is 12.7. The highest BCUT2D eigenvalue weighted by Gasteiger charge is 2.30. The molecule has 11 nitrogen and oxygen atoms in total. The molecule has 1 fully saturated rings. The Balaban J connectivity index is 1.72. The van der Waals surface area contributed by atoms with E-state index in [1.165, 1.54) is 17.2 Å². The van der Waals surface area contributed by atoms with Crippen molar-refractivity contribution < 1.29 is 35.8 Å². The molecule has 3 N–H and O–H groups in total. The van der Waals surface area contributed by atoms with E-state index in [0.717, 1.165) is 12.8 Å². The summed E-state index contributed by atoms with van der Waals surface area (Å²) in [6.07, 6.45) is -4.66. The molecule has 214 valence electrons. The van der Waals surface area contributed by atoms with Gasteiger partial charge >= 0.3 is 12.4 Å². The molecule has 0 bridgehead atoms. The molecule has 0 amide bonds. The average molecular weight is 564 g/mol. The van der Waals surface area contributed by atoms with Crippen LogP contribution >= 0.6 is 0 Å². The first-order valence-corrected chi connectivity index (χ1v) is 12.1. The van der Waals surface area contributed by atoms with Gasteiger partial charge in [-0.1, -0.05) is 0 Å². The predicted octanol–water partition coefficient (Wildman–Crippen LogP) is 3.19. The smallest absolute Gasteiger partial charge is 0.370 e. The maximum absolute atomic E-state index is 12.7. The molecular weight excluding hydrogens is 536 g/mol. The summed E-state index contributed by atoms with van der Waals surface area (Å²) in [5.74, 6) is 1.22. The summed E-state index contributed by atoms with van der Waals surface area (Å²) in [5, 5.41) is 7.35. The monoisotopic (exact) mass is 563 g/mol. The van der Waals surface area contributed by atoms with Crippen LogP contribution in [0, 0.1) is 5.92 Å². The van der Waals surface area contributed by atoms with Crippen LogP contribution in [0.15, 0.2) is 18.6 Å². The lowest BCUT2D eigenvalue weighted by molar-refractivity contribution is -0.177. The number of alkyl halides is 6. The van der Waals surface area contributed by atoms with E-state index in [2.05, 4.69) is 30.4 Å². The highest BCUT2D eigenvalue weighted by Crippen LogP contribution is 2.30. The van der Waals surface area contributed by atoms with Crippen LogP contribution in [-0.4, -0.2) is 81.5 Å². The molecular formula is C22H27F6N9O2. The number of hydrogen-bond donors (Lipinski definition) is 2. The zero-order valence-electron chi connectivity index (χ0n) is 20.7. The molecule has 0 saturated carbocycles. The molecule has 0 radical (unpaired) electrons. The standard InChI is InChI=1S/C22H27F6N9O2/c23-21(24,25)11-38-8-7-37-18-17(15(35-37)10-39-12-22(26,27)28)33-20(36-5-2-14(9-29)3-6-36)34-19(18)32-16-1-4-30-13-31-16/h1,4,13-14H,2-3,5-12,29H2,(H,30,31,32,33,34). The zero-order valence-corrected chi connectivity index (χ0v) is 20.7. The lowest BCUT2D eigenvalue weighted by Gasteiger charge is -2.31. The fraction of sp³-hybridized carbons (Fsp3) is 0.591. The highest BCUT2D eigenvalue weighted by molar-refractivity contribution is 5.90. The second-order valence-electron chi connectivity index (χ2n) is 8.90. The van der Waals surface area contributed by atoms with Crippen LogP contribution in [0.2, 0.25) is 0 Å². The first-order chi connectivity index (χ1) is 18.5. The number of nitrogens with zero attached hydrogens (tertiary/aromatic N) is 7. The van der Waals surface area contributed by atoms with E-state index < -0.39 is 32.2 Å². The minimum atomic E-state index is -4.56. The van der Waals surface area contributed by atoms with Crippen LogP contribution in [0.1, 0.15) is 18.5 Å². The summed E-state index contributed by atoms with van der Waals surface area (Å²) in [4.78, 5) is 19.2. The van der Waals surface area contributed by atoms with Gasteiger partial charge in [0.1, 0.15) is 42.1 Å². The van der Waals surface area contributed by atoms with Crippen molar-refractivity contribution in [3.05, 3.63) is 24.3 Å². The van der Waals surface area contributed by atoms with E-state index in [4.69, 9.17) is 15.2 Å². The van der Waals surface area contributed by atoms with Crippen molar-refractivity contribution in [2.75, 3.05) is 49.7 Å². The summed E-state index contributed by atoms with van der Waals surface area (Å²) in [5.41, 5.74) is 6.30. The molecule has 1 aliphatic rings. The Bertz CT molecular complexity index is 1210.